The van der Waals surface area contributed by atoms with Crippen LogP contribution < -0.4 is 5.32 Å². The summed E-state index contributed by atoms with van der Waals surface area (Å²) in [5.41, 5.74) is 3.12. The maximum atomic E-state index is 5.93. The van der Waals surface area contributed by atoms with Crippen LogP contribution in [0.5, 0.6) is 0 Å². The molecule has 1 saturated heterocycles. The lowest BCUT2D eigenvalue weighted by molar-refractivity contribution is 0.450. The van der Waals surface area contributed by atoms with Crippen molar-refractivity contribution in [2.24, 2.45) is 0 Å². The van der Waals surface area contributed by atoms with E-state index in [1.807, 2.05) is 6.07 Å². The van der Waals surface area contributed by atoms with Crippen LogP contribution in [0.3, 0.4) is 0 Å². The minimum atomic E-state index is 0.297. The Kier molecular flexibility index (Phi) is 2.92. The number of aromatic nitrogens is 1. The molecule has 1 N–H and O–H groups in total. The summed E-state index contributed by atoms with van der Waals surface area (Å²) in [5, 5.41) is 3.42. The van der Waals surface area contributed by atoms with Crippen molar-refractivity contribution in [2.75, 3.05) is 6.54 Å². The standard InChI is InChI=1S/C13H15BrN2O/c1-2-8-6-9(14)7-11-12(8)17-13(16-11)10-4-3-5-15-10/h6-7,10,15H,2-5H2,1H3. The van der Waals surface area contributed by atoms with E-state index in [2.05, 4.69) is 39.2 Å². The van der Waals surface area contributed by atoms with E-state index in [1.54, 1.807) is 0 Å². The van der Waals surface area contributed by atoms with Crippen molar-refractivity contribution in [3.63, 3.8) is 0 Å². The number of rotatable bonds is 2. The molecule has 1 atom stereocenters. The fourth-order valence-corrected chi connectivity index (χ4v) is 2.88. The van der Waals surface area contributed by atoms with Gasteiger partial charge in [-0.15, -0.1) is 0 Å². The van der Waals surface area contributed by atoms with Crippen LogP contribution in [0.4, 0.5) is 0 Å². The quantitative estimate of drug-likeness (QED) is 0.920. The summed E-state index contributed by atoms with van der Waals surface area (Å²) in [6.45, 7) is 3.20. The molecule has 1 aromatic carbocycles. The minimum Gasteiger partial charge on any atom is -0.439 e. The summed E-state index contributed by atoms with van der Waals surface area (Å²) in [5.74, 6) is 0.838. The zero-order valence-corrected chi connectivity index (χ0v) is 11.4. The Morgan fingerprint density at radius 2 is 2.41 bits per heavy atom. The summed E-state index contributed by atoms with van der Waals surface area (Å²) >= 11 is 3.52. The van der Waals surface area contributed by atoms with Gasteiger partial charge in [0, 0.05) is 4.47 Å². The Morgan fingerprint density at radius 1 is 1.53 bits per heavy atom. The van der Waals surface area contributed by atoms with E-state index in [0.717, 1.165) is 40.8 Å². The molecule has 0 radical (unpaired) electrons. The molecule has 1 unspecified atom stereocenters. The molecular formula is C13H15BrN2O. The van der Waals surface area contributed by atoms with Crippen molar-refractivity contribution in [2.45, 2.75) is 32.2 Å². The number of halogens is 1. The molecular weight excluding hydrogens is 280 g/mol. The van der Waals surface area contributed by atoms with Crippen LogP contribution in [-0.4, -0.2) is 11.5 Å². The highest BCUT2D eigenvalue weighted by molar-refractivity contribution is 9.10. The lowest BCUT2D eigenvalue weighted by Crippen LogP contribution is -2.12. The molecule has 2 heterocycles. The number of nitrogens with one attached hydrogen (secondary N) is 1. The van der Waals surface area contributed by atoms with Gasteiger partial charge >= 0.3 is 0 Å². The van der Waals surface area contributed by atoms with Crippen LogP contribution in [-0.2, 0) is 6.42 Å². The van der Waals surface area contributed by atoms with Gasteiger partial charge in [0.2, 0.25) is 5.89 Å². The number of benzene rings is 1. The van der Waals surface area contributed by atoms with E-state index in [1.165, 1.54) is 12.0 Å². The highest BCUT2D eigenvalue weighted by Gasteiger charge is 2.22. The molecule has 17 heavy (non-hydrogen) atoms. The molecule has 0 amide bonds. The van der Waals surface area contributed by atoms with E-state index in [4.69, 9.17) is 4.42 Å². The molecule has 90 valence electrons. The molecule has 3 nitrogen and oxygen atoms in total. The summed E-state index contributed by atoms with van der Waals surface area (Å²) in [4.78, 5) is 4.61. The fraction of sp³-hybridized carbons (Fsp3) is 0.462. The van der Waals surface area contributed by atoms with Crippen LogP contribution in [0.1, 0.15) is 37.3 Å². The monoisotopic (exact) mass is 294 g/mol. The average molecular weight is 295 g/mol. The van der Waals surface area contributed by atoms with Crippen molar-refractivity contribution < 1.29 is 4.42 Å². The maximum absolute atomic E-state index is 5.93. The van der Waals surface area contributed by atoms with Crippen molar-refractivity contribution in [1.29, 1.82) is 0 Å². The van der Waals surface area contributed by atoms with Gasteiger partial charge in [0.25, 0.3) is 0 Å². The number of fused-ring (bicyclic) bond motifs is 1. The Morgan fingerprint density at radius 3 is 3.12 bits per heavy atom. The Bertz CT molecular complexity index is 544. The van der Waals surface area contributed by atoms with Gasteiger partial charge in [0.1, 0.15) is 5.52 Å². The first-order chi connectivity index (χ1) is 8.28. The molecule has 0 aliphatic carbocycles. The normalized spacial score (nSPS) is 20.2. The summed E-state index contributed by atoms with van der Waals surface area (Å²) in [6.07, 6.45) is 3.28. The molecule has 0 spiro atoms. The van der Waals surface area contributed by atoms with E-state index in [9.17, 15) is 0 Å². The summed E-state index contributed by atoms with van der Waals surface area (Å²) in [7, 11) is 0. The van der Waals surface area contributed by atoms with Crippen LogP contribution >= 0.6 is 15.9 Å². The predicted molar refractivity (Wildman–Crippen MR) is 71.1 cm³/mol. The highest BCUT2D eigenvalue weighted by atomic mass is 79.9. The second-order valence-corrected chi connectivity index (χ2v) is 5.38. The van der Waals surface area contributed by atoms with E-state index < -0.39 is 0 Å². The second-order valence-electron chi connectivity index (χ2n) is 4.47. The number of aryl methyl sites for hydroxylation is 1. The van der Waals surface area contributed by atoms with Crippen LogP contribution in [0.25, 0.3) is 11.1 Å². The largest absolute Gasteiger partial charge is 0.439 e. The Hall–Kier alpha value is -0.870. The first kappa shape index (κ1) is 11.2. The second kappa shape index (κ2) is 4.42. The van der Waals surface area contributed by atoms with Gasteiger partial charge in [-0.3, -0.25) is 0 Å². The predicted octanol–water partition coefficient (Wildman–Crippen LogP) is 3.58. The van der Waals surface area contributed by atoms with Gasteiger partial charge in [0.05, 0.1) is 6.04 Å². The number of hydrogen-bond donors (Lipinski definition) is 1. The molecule has 1 aliphatic rings. The molecule has 2 aromatic rings. The van der Waals surface area contributed by atoms with Crippen LogP contribution in [0.15, 0.2) is 21.0 Å². The van der Waals surface area contributed by atoms with Gasteiger partial charge in [-0.1, -0.05) is 22.9 Å². The van der Waals surface area contributed by atoms with Gasteiger partial charge in [0.15, 0.2) is 5.58 Å². The van der Waals surface area contributed by atoms with Crippen molar-refractivity contribution in [3.8, 4) is 0 Å². The molecule has 4 heteroatoms. The van der Waals surface area contributed by atoms with Gasteiger partial charge in [-0.2, -0.15) is 0 Å². The lowest BCUT2D eigenvalue weighted by atomic mass is 10.1. The third-order valence-corrected chi connectivity index (χ3v) is 3.75. The third-order valence-electron chi connectivity index (χ3n) is 3.29. The molecule has 0 saturated carbocycles. The topological polar surface area (TPSA) is 38.1 Å². The fourth-order valence-electron chi connectivity index (χ4n) is 2.39. The van der Waals surface area contributed by atoms with E-state index >= 15 is 0 Å². The third kappa shape index (κ3) is 2.00. The minimum absolute atomic E-state index is 0.297. The first-order valence-corrected chi connectivity index (χ1v) is 6.89. The number of oxazole rings is 1. The van der Waals surface area contributed by atoms with Gasteiger partial charge in [-0.05, 0) is 43.5 Å². The van der Waals surface area contributed by atoms with Gasteiger partial charge < -0.3 is 9.73 Å². The van der Waals surface area contributed by atoms with Gasteiger partial charge in [-0.25, -0.2) is 4.98 Å². The van der Waals surface area contributed by atoms with Crippen LogP contribution in [0.2, 0.25) is 0 Å². The number of nitrogens with zero attached hydrogens (tertiary/aromatic N) is 1. The zero-order valence-electron chi connectivity index (χ0n) is 9.79. The van der Waals surface area contributed by atoms with Crippen LogP contribution in [0, 0.1) is 0 Å². The van der Waals surface area contributed by atoms with E-state index in [0.29, 0.717) is 6.04 Å². The Balaban J connectivity index is 2.11. The number of hydrogen-bond acceptors (Lipinski definition) is 3. The van der Waals surface area contributed by atoms with Crippen molar-refractivity contribution in [3.05, 3.63) is 28.1 Å². The highest BCUT2D eigenvalue weighted by Crippen LogP contribution is 2.30. The average Bonchev–Trinajstić information content (AvgIpc) is 2.95. The molecule has 1 aromatic heterocycles. The van der Waals surface area contributed by atoms with E-state index in [-0.39, 0.29) is 0 Å². The maximum Gasteiger partial charge on any atom is 0.212 e. The summed E-state index contributed by atoms with van der Waals surface area (Å²) < 4.78 is 7.00. The lowest BCUT2D eigenvalue weighted by Gasteiger charge is -2.03. The molecule has 1 aliphatic heterocycles. The molecule has 3 rings (SSSR count). The van der Waals surface area contributed by atoms with Crippen molar-refractivity contribution in [1.82, 2.24) is 10.3 Å². The molecule has 0 bridgehead atoms. The summed E-state index contributed by atoms with van der Waals surface area (Å²) in [6, 6.07) is 4.43. The Labute approximate surface area is 109 Å². The SMILES string of the molecule is CCc1cc(Br)cc2nc(C3CCCN3)oc12. The smallest absolute Gasteiger partial charge is 0.212 e. The van der Waals surface area contributed by atoms with Crippen molar-refractivity contribution >= 4 is 27.0 Å². The zero-order chi connectivity index (χ0) is 11.8. The first-order valence-electron chi connectivity index (χ1n) is 6.10. The molecule has 1 fully saturated rings.